The lowest BCUT2D eigenvalue weighted by atomic mass is 10.2. The van der Waals surface area contributed by atoms with Gasteiger partial charge in [-0.25, -0.2) is 9.97 Å². The average Bonchev–Trinajstić information content (AvgIpc) is 2.83. The Balaban J connectivity index is 2.12. The number of pyridine rings is 1. The minimum atomic E-state index is -0.190. The molecule has 2 aromatic rings. The van der Waals surface area contributed by atoms with Crippen LogP contribution in [0.3, 0.4) is 0 Å². The van der Waals surface area contributed by atoms with Crippen LogP contribution in [0.25, 0.3) is 0 Å². The average molecular weight is 295 g/mol. The summed E-state index contributed by atoms with van der Waals surface area (Å²) in [6.45, 7) is 2.12. The fraction of sp³-hybridized carbons (Fsp3) is 0.333. The molecule has 0 unspecified atom stereocenters. The fourth-order valence-electron chi connectivity index (χ4n) is 1.70. The normalized spacial score (nSPS) is 10.4. The van der Waals surface area contributed by atoms with Gasteiger partial charge in [0, 0.05) is 20.3 Å². The number of amides is 1. The highest BCUT2D eigenvalue weighted by atomic mass is 35.5. The van der Waals surface area contributed by atoms with Crippen LogP contribution in [0.4, 0.5) is 5.82 Å². The molecule has 0 saturated carbocycles. The third-order valence-electron chi connectivity index (χ3n) is 2.69. The maximum Gasteiger partial charge on any atom is 0.255 e. The first kappa shape index (κ1) is 14.3. The van der Waals surface area contributed by atoms with Crippen LogP contribution in [-0.4, -0.2) is 45.1 Å². The molecule has 106 valence electrons. The largest absolute Gasteiger partial charge is 0.372 e. The van der Waals surface area contributed by atoms with Crippen molar-refractivity contribution in [2.75, 3.05) is 19.4 Å². The molecule has 0 saturated heterocycles. The van der Waals surface area contributed by atoms with Crippen LogP contribution < -0.4 is 5.32 Å². The summed E-state index contributed by atoms with van der Waals surface area (Å²) >= 11 is 6.02. The van der Waals surface area contributed by atoms with E-state index in [1.165, 1.54) is 11.1 Å². The smallest absolute Gasteiger partial charge is 0.255 e. The van der Waals surface area contributed by atoms with E-state index in [1.807, 2.05) is 0 Å². The van der Waals surface area contributed by atoms with E-state index in [0.717, 1.165) is 0 Å². The Hall–Kier alpha value is -2.15. The standard InChI is InChI=1S/C12H15ClN6O/c1-7-16-10(18-17-7)6-19(3)12(20)8-4-9(13)11(14-2)15-5-8/h4-5H,6H2,1-3H3,(H,14,15)(H,16,17,18). The van der Waals surface area contributed by atoms with E-state index in [9.17, 15) is 4.79 Å². The van der Waals surface area contributed by atoms with Crippen LogP contribution in [0.15, 0.2) is 12.3 Å². The van der Waals surface area contributed by atoms with Gasteiger partial charge in [-0.3, -0.25) is 9.89 Å². The first-order valence-corrected chi connectivity index (χ1v) is 6.35. The predicted octanol–water partition coefficient (Wildman–Crippen LogP) is 1.48. The van der Waals surface area contributed by atoms with Crippen LogP contribution in [0, 0.1) is 6.92 Å². The van der Waals surface area contributed by atoms with Crippen molar-refractivity contribution >= 4 is 23.3 Å². The molecule has 0 bridgehead atoms. The van der Waals surface area contributed by atoms with Gasteiger partial charge in [0.15, 0.2) is 5.82 Å². The zero-order valence-corrected chi connectivity index (χ0v) is 12.2. The van der Waals surface area contributed by atoms with Gasteiger partial charge in [0.25, 0.3) is 5.91 Å². The Bertz CT molecular complexity index is 626. The minimum Gasteiger partial charge on any atom is -0.372 e. The van der Waals surface area contributed by atoms with Crippen molar-refractivity contribution in [2.45, 2.75) is 13.5 Å². The Morgan fingerprint density at radius 1 is 1.55 bits per heavy atom. The van der Waals surface area contributed by atoms with Crippen LogP contribution in [0.5, 0.6) is 0 Å². The van der Waals surface area contributed by atoms with Gasteiger partial charge < -0.3 is 10.2 Å². The molecule has 0 atom stereocenters. The van der Waals surface area contributed by atoms with Gasteiger partial charge in [-0.2, -0.15) is 5.10 Å². The second-order valence-electron chi connectivity index (χ2n) is 4.30. The van der Waals surface area contributed by atoms with Gasteiger partial charge in [-0.05, 0) is 13.0 Å². The zero-order chi connectivity index (χ0) is 14.7. The quantitative estimate of drug-likeness (QED) is 0.892. The van der Waals surface area contributed by atoms with Crippen molar-refractivity contribution in [1.29, 1.82) is 0 Å². The maximum atomic E-state index is 12.2. The molecule has 2 heterocycles. The highest BCUT2D eigenvalue weighted by Gasteiger charge is 2.15. The van der Waals surface area contributed by atoms with E-state index in [1.54, 1.807) is 27.1 Å². The second-order valence-corrected chi connectivity index (χ2v) is 4.71. The van der Waals surface area contributed by atoms with E-state index in [2.05, 4.69) is 25.5 Å². The van der Waals surface area contributed by atoms with Crippen molar-refractivity contribution in [3.8, 4) is 0 Å². The van der Waals surface area contributed by atoms with Crippen LogP contribution >= 0.6 is 11.6 Å². The summed E-state index contributed by atoms with van der Waals surface area (Å²) in [7, 11) is 3.39. The van der Waals surface area contributed by atoms with E-state index in [0.29, 0.717) is 34.6 Å². The summed E-state index contributed by atoms with van der Waals surface area (Å²) in [6, 6.07) is 1.59. The first-order valence-electron chi connectivity index (χ1n) is 5.98. The van der Waals surface area contributed by atoms with Gasteiger partial charge in [0.05, 0.1) is 17.1 Å². The summed E-state index contributed by atoms with van der Waals surface area (Å²) in [4.78, 5) is 22.0. The van der Waals surface area contributed by atoms with Crippen molar-refractivity contribution in [3.05, 3.63) is 34.5 Å². The third kappa shape index (κ3) is 3.05. The summed E-state index contributed by atoms with van der Waals surface area (Å²) in [5, 5.41) is 9.98. The Labute approximate surface area is 121 Å². The molecule has 0 aliphatic rings. The molecule has 0 aromatic carbocycles. The van der Waals surface area contributed by atoms with Gasteiger partial charge in [-0.15, -0.1) is 0 Å². The SMILES string of the molecule is CNc1ncc(C(=O)N(C)Cc2n[nH]c(C)n2)cc1Cl. The number of aromatic nitrogens is 4. The van der Waals surface area contributed by atoms with Crippen molar-refractivity contribution in [1.82, 2.24) is 25.1 Å². The lowest BCUT2D eigenvalue weighted by molar-refractivity contribution is 0.0781. The number of rotatable bonds is 4. The number of nitrogens with one attached hydrogen (secondary N) is 2. The van der Waals surface area contributed by atoms with Crippen LogP contribution in [0.2, 0.25) is 5.02 Å². The Morgan fingerprint density at radius 2 is 2.30 bits per heavy atom. The molecular weight excluding hydrogens is 280 g/mol. The third-order valence-corrected chi connectivity index (χ3v) is 2.98. The number of H-pyrrole nitrogens is 1. The lowest BCUT2D eigenvalue weighted by Gasteiger charge is -2.15. The Kier molecular flexibility index (Phi) is 4.19. The highest BCUT2D eigenvalue weighted by Crippen LogP contribution is 2.20. The number of carbonyl (C=O) groups excluding carboxylic acids is 1. The lowest BCUT2D eigenvalue weighted by Crippen LogP contribution is -2.27. The van der Waals surface area contributed by atoms with E-state index < -0.39 is 0 Å². The van der Waals surface area contributed by atoms with Gasteiger partial charge in [0.1, 0.15) is 11.6 Å². The maximum absolute atomic E-state index is 12.2. The van der Waals surface area contributed by atoms with E-state index in [4.69, 9.17) is 11.6 Å². The Morgan fingerprint density at radius 3 is 2.85 bits per heavy atom. The van der Waals surface area contributed by atoms with Crippen molar-refractivity contribution in [2.24, 2.45) is 0 Å². The molecule has 0 spiro atoms. The number of halogens is 1. The summed E-state index contributed by atoms with van der Waals surface area (Å²) in [6.07, 6.45) is 1.49. The number of anilines is 1. The molecule has 0 fully saturated rings. The molecule has 8 heteroatoms. The van der Waals surface area contributed by atoms with Crippen molar-refractivity contribution in [3.63, 3.8) is 0 Å². The molecule has 2 rings (SSSR count). The number of nitrogens with zero attached hydrogens (tertiary/aromatic N) is 4. The number of aromatic amines is 1. The molecule has 20 heavy (non-hydrogen) atoms. The summed E-state index contributed by atoms with van der Waals surface area (Å²) in [5.74, 6) is 1.62. The van der Waals surface area contributed by atoms with Gasteiger partial charge in [0.2, 0.25) is 0 Å². The zero-order valence-electron chi connectivity index (χ0n) is 11.4. The first-order chi connectivity index (χ1) is 9.51. The van der Waals surface area contributed by atoms with E-state index in [-0.39, 0.29) is 5.91 Å². The van der Waals surface area contributed by atoms with E-state index >= 15 is 0 Å². The monoisotopic (exact) mass is 294 g/mol. The van der Waals surface area contributed by atoms with Gasteiger partial charge >= 0.3 is 0 Å². The summed E-state index contributed by atoms with van der Waals surface area (Å²) < 4.78 is 0. The minimum absolute atomic E-state index is 0.190. The van der Waals surface area contributed by atoms with Crippen LogP contribution in [-0.2, 0) is 6.54 Å². The predicted molar refractivity (Wildman–Crippen MR) is 75.7 cm³/mol. The van der Waals surface area contributed by atoms with Crippen LogP contribution in [0.1, 0.15) is 22.0 Å². The molecule has 1 amide bonds. The number of carbonyl (C=O) groups is 1. The number of aryl methyl sites for hydroxylation is 1. The fourth-order valence-corrected chi connectivity index (χ4v) is 1.96. The topological polar surface area (TPSA) is 86.8 Å². The number of hydrogen-bond donors (Lipinski definition) is 2. The molecule has 0 aliphatic carbocycles. The molecule has 0 aliphatic heterocycles. The molecule has 2 aromatic heterocycles. The van der Waals surface area contributed by atoms with Gasteiger partial charge in [-0.1, -0.05) is 11.6 Å². The molecule has 7 nitrogen and oxygen atoms in total. The molecular formula is C12H15ClN6O. The summed E-state index contributed by atoms with van der Waals surface area (Å²) in [5.41, 5.74) is 0.420. The molecule has 0 radical (unpaired) electrons. The highest BCUT2D eigenvalue weighted by molar-refractivity contribution is 6.33. The second kappa shape index (κ2) is 5.87. The molecule has 2 N–H and O–H groups in total. The van der Waals surface area contributed by atoms with Crippen molar-refractivity contribution < 1.29 is 4.79 Å². The number of hydrogen-bond acceptors (Lipinski definition) is 5.